The number of aromatic hydroxyl groups is 1. The van der Waals surface area contributed by atoms with Gasteiger partial charge in [-0.1, -0.05) is 207 Å². The molecule has 11 rings (SSSR count). The summed E-state index contributed by atoms with van der Waals surface area (Å²) in [4.78, 5) is 10.9. The number of fused-ring (bicyclic) bond motifs is 4. The molecule has 0 aliphatic heterocycles. The maximum Gasteiger partial charge on any atom is 0.149 e. The van der Waals surface area contributed by atoms with Gasteiger partial charge in [0, 0.05) is 45.0 Å². The Kier molecular flexibility index (Phi) is 12.8. The zero-order valence-corrected chi connectivity index (χ0v) is 49.1. The highest BCUT2D eigenvalue weighted by atomic mass is 16.3. The number of phenolic OH excluding ortho intramolecular Hbond substituents is 1. The van der Waals surface area contributed by atoms with E-state index in [1.165, 1.54) is 38.6 Å². The first kappa shape index (κ1) is 53.0. The van der Waals surface area contributed by atoms with E-state index in [1.54, 1.807) is 0 Å². The van der Waals surface area contributed by atoms with E-state index in [9.17, 15) is 5.11 Å². The molecule has 11 aromatic rings. The molecule has 0 atom stereocenters. The van der Waals surface area contributed by atoms with Gasteiger partial charge in [-0.15, -0.1) is 0 Å². The predicted molar refractivity (Wildman–Crippen MR) is 336 cm³/mol. The summed E-state index contributed by atoms with van der Waals surface area (Å²) in [5.41, 5.74) is 20.4. The van der Waals surface area contributed by atoms with Gasteiger partial charge in [0.2, 0.25) is 0 Å². The number of phenols is 1. The molecule has 1 N–H and O–H groups in total. The molecule has 5 nitrogen and oxygen atoms in total. The van der Waals surface area contributed by atoms with Crippen LogP contribution < -0.4 is 0 Å². The highest BCUT2D eigenvalue weighted by molar-refractivity contribution is 6.16. The number of imidazole rings is 1. The largest absolute Gasteiger partial charge is 0.507 e. The third kappa shape index (κ3) is 9.87. The lowest BCUT2D eigenvalue weighted by atomic mass is 9.78. The van der Waals surface area contributed by atoms with Crippen LogP contribution in [0.25, 0.3) is 100 Å². The number of para-hydroxylation sites is 2. The number of pyridine rings is 1. The fraction of sp³-hybridized carbons (Fsp3) is 0.270. The Balaban J connectivity index is 1.12. The van der Waals surface area contributed by atoms with Gasteiger partial charge in [0.1, 0.15) is 11.6 Å². The quantitative estimate of drug-likeness (QED) is 0.173. The van der Waals surface area contributed by atoms with Crippen LogP contribution >= 0.6 is 0 Å². The van der Waals surface area contributed by atoms with Crippen LogP contribution in [0.4, 0.5) is 0 Å². The van der Waals surface area contributed by atoms with Gasteiger partial charge in [-0.3, -0.25) is 9.55 Å². The minimum Gasteiger partial charge on any atom is -0.507 e. The van der Waals surface area contributed by atoms with E-state index >= 15 is 0 Å². The predicted octanol–water partition coefficient (Wildman–Crippen LogP) is 20.0. The van der Waals surface area contributed by atoms with Crippen LogP contribution in [0.2, 0.25) is 0 Å². The molecule has 79 heavy (non-hydrogen) atoms. The van der Waals surface area contributed by atoms with Crippen LogP contribution in [-0.4, -0.2) is 24.2 Å². The number of aromatic nitrogens is 4. The van der Waals surface area contributed by atoms with E-state index < -0.39 is 0 Å². The highest BCUT2D eigenvalue weighted by Gasteiger charge is 2.31. The van der Waals surface area contributed by atoms with Gasteiger partial charge in [0.05, 0.1) is 33.3 Å². The monoisotopic (exact) mass is 1040 g/mol. The van der Waals surface area contributed by atoms with Gasteiger partial charge in [-0.25, -0.2) is 4.98 Å². The molecule has 5 heteroatoms. The first-order valence-electron chi connectivity index (χ1n) is 28.1. The summed E-state index contributed by atoms with van der Waals surface area (Å²) in [7, 11) is 0. The third-order valence-corrected chi connectivity index (χ3v) is 16.0. The van der Waals surface area contributed by atoms with Crippen molar-refractivity contribution in [2.45, 2.75) is 131 Å². The summed E-state index contributed by atoms with van der Waals surface area (Å²) in [5, 5.41) is 15.1. The molecular formula is C74H76N4O. The molecule has 0 bridgehead atoms. The normalized spacial score (nSPS) is 12.8. The standard InChI is InChI=1S/C74H76N4O/c1-70(2,3)51-37-49(36-50(38-51)62-40-48(34-35-75-62)57-29-22-32-64-66(57)59-28-19-20-31-63(59)77(64)55-27-21-26-47(39-55)46-24-17-16-18-25-46)58-30-23-33-65-67(58)76-69(60-44-54(73(10,11)12)45-61(68(60)79)74(13,14)15)78(65)56-42-52(71(4,5)6)41-53(43-56)72(7,8)9/h16-45,79H,1-15H3. The third-order valence-electron chi connectivity index (χ3n) is 16.0. The molecule has 0 radical (unpaired) electrons. The van der Waals surface area contributed by atoms with Crippen molar-refractivity contribution in [1.29, 1.82) is 0 Å². The molecule has 0 spiro atoms. The Bertz CT molecular complexity index is 4120. The second-order valence-electron chi connectivity index (χ2n) is 27.1. The lowest BCUT2D eigenvalue weighted by Crippen LogP contribution is -2.18. The fourth-order valence-corrected chi connectivity index (χ4v) is 11.3. The van der Waals surface area contributed by atoms with Crippen LogP contribution in [0.15, 0.2) is 182 Å². The highest BCUT2D eigenvalue weighted by Crippen LogP contribution is 2.47. The molecular weight excluding hydrogens is 961 g/mol. The van der Waals surface area contributed by atoms with Crippen LogP contribution in [0.3, 0.4) is 0 Å². The van der Waals surface area contributed by atoms with Crippen molar-refractivity contribution in [1.82, 2.24) is 19.1 Å². The molecule has 0 aliphatic carbocycles. The van der Waals surface area contributed by atoms with Gasteiger partial charge in [0.15, 0.2) is 0 Å². The molecule has 8 aromatic carbocycles. The van der Waals surface area contributed by atoms with Gasteiger partial charge in [0.25, 0.3) is 0 Å². The number of hydrogen-bond acceptors (Lipinski definition) is 3. The molecule has 3 aromatic heterocycles. The van der Waals surface area contributed by atoms with Gasteiger partial charge < -0.3 is 9.67 Å². The van der Waals surface area contributed by atoms with Crippen molar-refractivity contribution >= 4 is 32.8 Å². The van der Waals surface area contributed by atoms with Crippen LogP contribution in [0, 0.1) is 0 Å². The lowest BCUT2D eigenvalue weighted by Gasteiger charge is -2.28. The number of benzene rings is 8. The molecule has 0 amide bonds. The summed E-state index contributed by atoms with van der Waals surface area (Å²) in [6.07, 6.45) is 1.96. The minimum absolute atomic E-state index is 0.124. The van der Waals surface area contributed by atoms with Crippen molar-refractivity contribution in [3.05, 3.63) is 210 Å². The van der Waals surface area contributed by atoms with Gasteiger partial charge >= 0.3 is 0 Å². The fourth-order valence-electron chi connectivity index (χ4n) is 11.3. The number of rotatable bonds is 7. The second-order valence-corrected chi connectivity index (χ2v) is 27.1. The molecule has 398 valence electrons. The van der Waals surface area contributed by atoms with Crippen LogP contribution in [0.5, 0.6) is 5.75 Å². The van der Waals surface area contributed by atoms with E-state index in [0.29, 0.717) is 5.82 Å². The lowest BCUT2D eigenvalue weighted by molar-refractivity contribution is 0.446. The topological polar surface area (TPSA) is 55.9 Å². The van der Waals surface area contributed by atoms with E-state index in [4.69, 9.17) is 9.97 Å². The molecule has 0 aliphatic rings. The number of nitrogens with zero attached hydrogens (tertiary/aromatic N) is 4. The Morgan fingerprint density at radius 1 is 0.367 bits per heavy atom. The van der Waals surface area contributed by atoms with Crippen LogP contribution in [0.1, 0.15) is 132 Å². The average Bonchev–Trinajstić information content (AvgIpc) is 4.09. The minimum atomic E-state index is -0.330. The summed E-state index contributed by atoms with van der Waals surface area (Å²) >= 11 is 0. The first-order valence-corrected chi connectivity index (χ1v) is 28.1. The maximum absolute atomic E-state index is 12.7. The van der Waals surface area contributed by atoms with Gasteiger partial charge in [-0.2, -0.15) is 0 Å². The van der Waals surface area contributed by atoms with Gasteiger partial charge in [-0.05, 0) is 150 Å². The van der Waals surface area contributed by atoms with E-state index in [-0.39, 0.29) is 32.8 Å². The smallest absolute Gasteiger partial charge is 0.149 e. The van der Waals surface area contributed by atoms with E-state index in [0.717, 1.165) is 83.6 Å². The molecule has 0 saturated carbocycles. The SMILES string of the molecule is CC(C)(C)c1cc(-c2cc(-c3cccc4c3c3ccccc3n4-c3cccc(-c4ccccc4)c3)ccn2)cc(-c2cccc3c2nc(-c2cc(C(C)(C)C)cc(C(C)(C)C)c2O)n3-c2cc(C(C)(C)C)cc(C(C)(C)C)c2)c1. The van der Waals surface area contributed by atoms with Crippen LogP contribution in [-0.2, 0) is 27.1 Å². The maximum atomic E-state index is 12.7. The van der Waals surface area contributed by atoms with Crippen molar-refractivity contribution in [3.63, 3.8) is 0 Å². The van der Waals surface area contributed by atoms with Crippen molar-refractivity contribution in [2.75, 3.05) is 0 Å². The Labute approximate surface area is 468 Å². The van der Waals surface area contributed by atoms with Crippen molar-refractivity contribution in [3.8, 4) is 73.2 Å². The summed E-state index contributed by atoms with van der Waals surface area (Å²) in [6.45, 7) is 33.8. The first-order chi connectivity index (χ1) is 37.2. The Morgan fingerprint density at radius 2 is 0.937 bits per heavy atom. The summed E-state index contributed by atoms with van der Waals surface area (Å²) < 4.78 is 4.72. The summed E-state index contributed by atoms with van der Waals surface area (Å²) in [5.74, 6) is 0.977. The van der Waals surface area contributed by atoms with E-state index in [2.05, 4.69) is 289 Å². The van der Waals surface area contributed by atoms with Crippen molar-refractivity contribution < 1.29 is 5.11 Å². The molecule has 0 saturated heterocycles. The average molecular weight is 1040 g/mol. The molecule has 0 fully saturated rings. The zero-order chi connectivity index (χ0) is 56.1. The zero-order valence-electron chi connectivity index (χ0n) is 49.1. The molecule has 0 unspecified atom stereocenters. The second kappa shape index (κ2) is 19.1. The summed E-state index contributed by atoms with van der Waals surface area (Å²) in [6, 6.07) is 64.3. The Morgan fingerprint density at radius 3 is 1.61 bits per heavy atom. The Hall–Kier alpha value is -8.02. The number of hydrogen-bond donors (Lipinski definition) is 1. The van der Waals surface area contributed by atoms with E-state index in [1.807, 2.05) is 6.20 Å². The van der Waals surface area contributed by atoms with Crippen molar-refractivity contribution in [2.24, 2.45) is 0 Å². The molecule has 3 heterocycles.